The molecule has 0 atom stereocenters. The van der Waals surface area contributed by atoms with Gasteiger partial charge in [-0.25, -0.2) is 0 Å². The van der Waals surface area contributed by atoms with Crippen molar-refractivity contribution in [3.05, 3.63) is 64.2 Å². The molecule has 0 saturated carbocycles. The van der Waals surface area contributed by atoms with Gasteiger partial charge in [-0.05, 0) is 36.5 Å². The van der Waals surface area contributed by atoms with E-state index in [1.807, 2.05) is 18.2 Å². The lowest BCUT2D eigenvalue weighted by Crippen LogP contribution is -2.34. The second-order valence-electron chi connectivity index (χ2n) is 4.42. The Labute approximate surface area is 137 Å². The predicted molar refractivity (Wildman–Crippen MR) is 89.8 cm³/mol. The number of rotatable bonds is 4. The van der Waals surface area contributed by atoms with E-state index in [1.54, 1.807) is 12.1 Å². The molecule has 0 fully saturated rings. The summed E-state index contributed by atoms with van der Waals surface area (Å²) in [5.74, 6) is -0.472. The van der Waals surface area contributed by atoms with Crippen LogP contribution in [0.1, 0.15) is 10.4 Å². The van der Waals surface area contributed by atoms with E-state index in [2.05, 4.69) is 10.6 Å². The molecule has 118 valence electrons. The lowest BCUT2D eigenvalue weighted by molar-refractivity contribution is -0.385. The van der Waals surface area contributed by atoms with Gasteiger partial charge >= 0.3 is 5.69 Å². The minimum atomic E-state index is -0.615. The van der Waals surface area contributed by atoms with Crippen molar-refractivity contribution in [2.45, 2.75) is 0 Å². The van der Waals surface area contributed by atoms with Crippen LogP contribution in [-0.2, 0) is 0 Å². The molecule has 0 unspecified atom stereocenters. The van der Waals surface area contributed by atoms with E-state index in [4.69, 9.17) is 17.0 Å². The summed E-state index contributed by atoms with van der Waals surface area (Å²) in [6.07, 6.45) is 0. The lowest BCUT2D eigenvalue weighted by atomic mass is 10.2. The molecule has 0 saturated heterocycles. The molecule has 0 aliphatic rings. The van der Waals surface area contributed by atoms with Crippen LogP contribution in [0, 0.1) is 10.1 Å². The third-order valence-electron chi connectivity index (χ3n) is 2.90. The number of nitrogens with zero attached hydrogens (tertiary/aromatic N) is 1. The van der Waals surface area contributed by atoms with Crippen molar-refractivity contribution in [2.24, 2.45) is 0 Å². The van der Waals surface area contributed by atoms with Crippen LogP contribution in [0.15, 0.2) is 48.5 Å². The standard InChI is InChI=1S/C15H13N3O4S/c1-22-13-8-7-10(9-12(13)18(20)21)14(19)17-15(23)16-11-5-3-2-4-6-11/h2-9H,1H3,(H2,16,17,19,23). The molecule has 7 nitrogen and oxygen atoms in total. The molecule has 0 heterocycles. The monoisotopic (exact) mass is 331 g/mol. The molecule has 8 heteroatoms. The van der Waals surface area contributed by atoms with Crippen molar-refractivity contribution in [1.82, 2.24) is 5.32 Å². The third-order valence-corrected chi connectivity index (χ3v) is 3.10. The zero-order valence-electron chi connectivity index (χ0n) is 12.1. The Morgan fingerprint density at radius 1 is 1.22 bits per heavy atom. The summed E-state index contributed by atoms with van der Waals surface area (Å²) in [4.78, 5) is 22.5. The Kier molecular flexibility index (Phi) is 5.21. The number of carbonyl (C=O) groups excluding carboxylic acids is 1. The first-order valence-corrected chi connectivity index (χ1v) is 6.92. The van der Waals surface area contributed by atoms with E-state index >= 15 is 0 Å². The average molecular weight is 331 g/mol. The number of ether oxygens (including phenoxy) is 1. The largest absolute Gasteiger partial charge is 0.490 e. The number of benzene rings is 2. The molecule has 2 aromatic carbocycles. The minimum Gasteiger partial charge on any atom is -0.490 e. The Bertz CT molecular complexity index is 750. The average Bonchev–Trinajstić information content (AvgIpc) is 2.54. The van der Waals surface area contributed by atoms with Gasteiger partial charge in [0.15, 0.2) is 10.9 Å². The van der Waals surface area contributed by atoms with E-state index in [1.165, 1.54) is 19.2 Å². The highest BCUT2D eigenvalue weighted by atomic mass is 32.1. The quantitative estimate of drug-likeness (QED) is 0.508. The highest BCUT2D eigenvalue weighted by Gasteiger charge is 2.18. The zero-order valence-corrected chi connectivity index (χ0v) is 12.9. The Morgan fingerprint density at radius 2 is 1.91 bits per heavy atom. The van der Waals surface area contributed by atoms with Gasteiger partial charge in [-0.15, -0.1) is 0 Å². The Hall–Kier alpha value is -3.00. The number of nitro benzene ring substituents is 1. The maximum absolute atomic E-state index is 12.1. The first-order valence-electron chi connectivity index (χ1n) is 6.51. The number of amides is 1. The van der Waals surface area contributed by atoms with Crippen LogP contribution in [0.25, 0.3) is 0 Å². The van der Waals surface area contributed by atoms with E-state index < -0.39 is 10.8 Å². The molecule has 23 heavy (non-hydrogen) atoms. The van der Waals surface area contributed by atoms with Gasteiger partial charge in [0.25, 0.3) is 5.91 Å². The molecule has 2 N–H and O–H groups in total. The van der Waals surface area contributed by atoms with E-state index in [9.17, 15) is 14.9 Å². The summed E-state index contributed by atoms with van der Waals surface area (Å²) < 4.78 is 4.89. The second-order valence-corrected chi connectivity index (χ2v) is 4.83. The SMILES string of the molecule is COc1ccc(C(=O)NC(=S)Nc2ccccc2)cc1[N+](=O)[O-]. The van der Waals surface area contributed by atoms with Crippen LogP contribution >= 0.6 is 12.2 Å². The number of carbonyl (C=O) groups is 1. The van der Waals surface area contributed by atoms with Crippen LogP contribution in [0.3, 0.4) is 0 Å². The van der Waals surface area contributed by atoms with E-state index in [0.29, 0.717) is 0 Å². The van der Waals surface area contributed by atoms with Crippen LogP contribution < -0.4 is 15.4 Å². The van der Waals surface area contributed by atoms with Gasteiger partial charge in [0, 0.05) is 17.3 Å². The molecule has 0 aliphatic heterocycles. The van der Waals surface area contributed by atoms with E-state index in [-0.39, 0.29) is 22.1 Å². The molecule has 1 amide bonds. The summed E-state index contributed by atoms with van der Waals surface area (Å²) in [6.45, 7) is 0. The number of hydrogen-bond acceptors (Lipinski definition) is 5. The Morgan fingerprint density at radius 3 is 2.52 bits per heavy atom. The summed E-state index contributed by atoms with van der Waals surface area (Å²) in [5.41, 5.74) is 0.537. The van der Waals surface area contributed by atoms with Crippen molar-refractivity contribution < 1.29 is 14.5 Å². The molecule has 0 radical (unpaired) electrons. The van der Waals surface area contributed by atoms with Crippen molar-refractivity contribution in [1.29, 1.82) is 0 Å². The maximum atomic E-state index is 12.1. The number of nitrogens with one attached hydrogen (secondary N) is 2. The van der Waals surface area contributed by atoms with Gasteiger partial charge in [-0.1, -0.05) is 18.2 Å². The molecule has 2 aromatic rings. The van der Waals surface area contributed by atoms with Crippen molar-refractivity contribution in [2.75, 3.05) is 12.4 Å². The molecular formula is C15H13N3O4S. The number of para-hydroxylation sites is 1. The summed E-state index contributed by atoms with van der Waals surface area (Å²) in [6, 6.07) is 13.0. The number of methoxy groups -OCH3 is 1. The van der Waals surface area contributed by atoms with Gasteiger partial charge in [0.2, 0.25) is 0 Å². The number of anilines is 1. The van der Waals surface area contributed by atoms with Crippen LogP contribution in [0.2, 0.25) is 0 Å². The van der Waals surface area contributed by atoms with Crippen LogP contribution in [0.4, 0.5) is 11.4 Å². The number of hydrogen-bond donors (Lipinski definition) is 2. The van der Waals surface area contributed by atoms with Crippen molar-refractivity contribution in [3.63, 3.8) is 0 Å². The third kappa shape index (κ3) is 4.24. The fourth-order valence-corrected chi connectivity index (χ4v) is 2.04. The van der Waals surface area contributed by atoms with Gasteiger partial charge in [0.1, 0.15) is 0 Å². The van der Waals surface area contributed by atoms with E-state index in [0.717, 1.165) is 11.8 Å². The van der Waals surface area contributed by atoms with Gasteiger partial charge < -0.3 is 10.1 Å². The molecule has 0 aliphatic carbocycles. The van der Waals surface area contributed by atoms with Gasteiger partial charge in [-0.2, -0.15) is 0 Å². The number of thiocarbonyl (C=S) groups is 1. The lowest BCUT2D eigenvalue weighted by Gasteiger charge is -2.10. The minimum absolute atomic E-state index is 0.0801. The van der Waals surface area contributed by atoms with Crippen LogP contribution in [-0.4, -0.2) is 23.1 Å². The summed E-state index contributed by atoms with van der Waals surface area (Å²) in [7, 11) is 1.32. The molecule has 0 spiro atoms. The fourth-order valence-electron chi connectivity index (χ4n) is 1.83. The first kappa shape index (κ1) is 16.4. The topological polar surface area (TPSA) is 93.5 Å². The maximum Gasteiger partial charge on any atom is 0.311 e. The fraction of sp³-hybridized carbons (Fsp3) is 0.0667. The highest BCUT2D eigenvalue weighted by Crippen LogP contribution is 2.27. The molecule has 0 bridgehead atoms. The van der Waals surface area contributed by atoms with Crippen molar-refractivity contribution >= 4 is 34.6 Å². The smallest absolute Gasteiger partial charge is 0.311 e. The van der Waals surface area contributed by atoms with Crippen LogP contribution in [0.5, 0.6) is 5.75 Å². The van der Waals surface area contributed by atoms with Gasteiger partial charge in [0.05, 0.1) is 12.0 Å². The molecule has 0 aromatic heterocycles. The second kappa shape index (κ2) is 7.32. The summed E-state index contributed by atoms with van der Waals surface area (Å²) >= 11 is 5.04. The Balaban J connectivity index is 2.10. The molecular weight excluding hydrogens is 318 g/mol. The first-order chi connectivity index (χ1) is 11.0. The number of nitro groups is 1. The molecule has 2 rings (SSSR count). The summed E-state index contributed by atoms with van der Waals surface area (Å²) in [5, 5.41) is 16.4. The predicted octanol–water partition coefficient (Wildman–Crippen LogP) is 2.73. The van der Waals surface area contributed by atoms with Gasteiger partial charge in [-0.3, -0.25) is 20.2 Å². The normalized spacial score (nSPS) is 9.78. The zero-order chi connectivity index (χ0) is 16.8. The van der Waals surface area contributed by atoms with Crippen molar-refractivity contribution in [3.8, 4) is 5.75 Å². The highest BCUT2D eigenvalue weighted by molar-refractivity contribution is 7.80.